The van der Waals surface area contributed by atoms with E-state index in [4.69, 9.17) is 16.3 Å². The number of rotatable bonds is 7. The van der Waals surface area contributed by atoms with E-state index in [2.05, 4.69) is 20.8 Å². The molecular formula is C18H16ClFN4O2S2. The zero-order chi connectivity index (χ0) is 20.1. The molecule has 0 saturated carbocycles. The molecule has 3 aromatic rings. The molecule has 0 fully saturated rings. The number of methoxy groups -OCH3 is 1. The first kappa shape index (κ1) is 20.4. The molecule has 0 saturated heterocycles. The molecule has 1 heterocycles. The van der Waals surface area contributed by atoms with Crippen molar-refractivity contribution in [1.29, 1.82) is 0 Å². The van der Waals surface area contributed by atoms with Crippen LogP contribution in [0.15, 0.2) is 40.7 Å². The van der Waals surface area contributed by atoms with E-state index in [1.807, 2.05) is 6.92 Å². The Hall–Kier alpha value is -2.36. The van der Waals surface area contributed by atoms with Crippen molar-refractivity contribution < 1.29 is 13.9 Å². The number of hydrogen-bond donors (Lipinski definition) is 2. The van der Waals surface area contributed by atoms with Gasteiger partial charge in [0.05, 0.1) is 18.6 Å². The van der Waals surface area contributed by atoms with Gasteiger partial charge in [-0.3, -0.25) is 4.79 Å². The molecular weight excluding hydrogens is 423 g/mol. The molecule has 0 aliphatic carbocycles. The predicted octanol–water partition coefficient (Wildman–Crippen LogP) is 5.12. The minimum absolute atomic E-state index is 0.152. The van der Waals surface area contributed by atoms with Crippen molar-refractivity contribution in [3.8, 4) is 5.75 Å². The molecule has 2 aromatic carbocycles. The Morgan fingerprint density at radius 2 is 2.14 bits per heavy atom. The number of anilines is 3. The van der Waals surface area contributed by atoms with E-state index < -0.39 is 0 Å². The lowest BCUT2D eigenvalue weighted by Crippen LogP contribution is -2.14. The van der Waals surface area contributed by atoms with Gasteiger partial charge in [-0.2, -0.15) is 0 Å². The molecule has 3 rings (SSSR count). The summed E-state index contributed by atoms with van der Waals surface area (Å²) in [7, 11) is 1.51. The van der Waals surface area contributed by atoms with Gasteiger partial charge in [-0.1, -0.05) is 40.8 Å². The maximum atomic E-state index is 13.2. The van der Waals surface area contributed by atoms with Gasteiger partial charge in [0.1, 0.15) is 11.6 Å². The molecule has 28 heavy (non-hydrogen) atoms. The van der Waals surface area contributed by atoms with E-state index in [1.54, 1.807) is 24.3 Å². The summed E-state index contributed by atoms with van der Waals surface area (Å²) in [6.45, 7) is 1.85. The summed E-state index contributed by atoms with van der Waals surface area (Å²) in [6, 6.07) is 9.48. The maximum absolute atomic E-state index is 13.2. The standard InChI is InChI=1S/C18H16ClFN4O2S2/c1-10-6-14(15(26-2)8-13(10)19)22-16(25)9-27-18-24-23-17(28-18)21-12-5-3-4-11(20)7-12/h3-8H,9H2,1-2H3,(H,21,23)(H,22,25). The van der Waals surface area contributed by atoms with Gasteiger partial charge >= 0.3 is 0 Å². The molecule has 1 aromatic heterocycles. The van der Waals surface area contributed by atoms with Crippen molar-refractivity contribution in [2.45, 2.75) is 11.3 Å². The number of aryl methyl sites for hydroxylation is 1. The summed E-state index contributed by atoms with van der Waals surface area (Å²) < 4.78 is 19.1. The molecule has 0 bridgehead atoms. The van der Waals surface area contributed by atoms with Crippen LogP contribution >= 0.6 is 34.7 Å². The number of halogens is 2. The largest absolute Gasteiger partial charge is 0.495 e. The second kappa shape index (κ2) is 9.22. The van der Waals surface area contributed by atoms with Gasteiger partial charge in [-0.05, 0) is 36.8 Å². The van der Waals surface area contributed by atoms with Gasteiger partial charge in [-0.15, -0.1) is 10.2 Å². The number of amides is 1. The van der Waals surface area contributed by atoms with Gasteiger partial charge in [0.2, 0.25) is 11.0 Å². The molecule has 0 unspecified atom stereocenters. The quantitative estimate of drug-likeness (QED) is 0.498. The molecule has 1 amide bonds. The van der Waals surface area contributed by atoms with Crippen LogP contribution in [0, 0.1) is 12.7 Å². The number of aromatic nitrogens is 2. The number of ether oxygens (including phenoxy) is 1. The Bertz CT molecular complexity index is 999. The molecule has 146 valence electrons. The minimum Gasteiger partial charge on any atom is -0.495 e. The number of nitrogens with zero attached hydrogens (tertiary/aromatic N) is 2. The van der Waals surface area contributed by atoms with Gasteiger partial charge < -0.3 is 15.4 Å². The third kappa shape index (κ3) is 5.34. The summed E-state index contributed by atoms with van der Waals surface area (Å²) in [5.41, 5.74) is 1.97. The number of thioether (sulfide) groups is 1. The van der Waals surface area contributed by atoms with E-state index >= 15 is 0 Å². The minimum atomic E-state index is -0.339. The Labute approximate surface area is 174 Å². The van der Waals surface area contributed by atoms with Crippen molar-refractivity contribution in [2.75, 3.05) is 23.5 Å². The summed E-state index contributed by atoms with van der Waals surface area (Å²) >= 11 is 8.61. The Morgan fingerprint density at radius 1 is 1.32 bits per heavy atom. The van der Waals surface area contributed by atoms with Crippen LogP contribution in [-0.4, -0.2) is 29.0 Å². The molecule has 0 atom stereocenters. The van der Waals surface area contributed by atoms with E-state index in [1.165, 1.54) is 42.3 Å². The summed E-state index contributed by atoms with van der Waals surface area (Å²) in [4.78, 5) is 12.3. The van der Waals surface area contributed by atoms with Gasteiger partial charge in [0.25, 0.3) is 0 Å². The highest BCUT2D eigenvalue weighted by molar-refractivity contribution is 8.01. The second-order valence-corrected chi connectivity index (χ2v) is 8.25. The number of benzene rings is 2. The van der Waals surface area contributed by atoms with Crippen LogP contribution in [0.3, 0.4) is 0 Å². The fourth-order valence-electron chi connectivity index (χ4n) is 2.25. The van der Waals surface area contributed by atoms with Crippen LogP contribution in [0.25, 0.3) is 0 Å². The number of carbonyl (C=O) groups excluding carboxylic acids is 1. The lowest BCUT2D eigenvalue weighted by Gasteiger charge is -2.11. The molecule has 0 aliphatic heterocycles. The number of carbonyl (C=O) groups is 1. The van der Waals surface area contributed by atoms with E-state index in [-0.39, 0.29) is 17.5 Å². The van der Waals surface area contributed by atoms with Gasteiger partial charge in [0.15, 0.2) is 4.34 Å². The highest BCUT2D eigenvalue weighted by Gasteiger charge is 2.12. The van der Waals surface area contributed by atoms with Crippen LogP contribution in [0.5, 0.6) is 5.75 Å². The summed E-state index contributed by atoms with van der Waals surface area (Å²) in [6.07, 6.45) is 0. The van der Waals surface area contributed by atoms with Crippen molar-refractivity contribution in [3.63, 3.8) is 0 Å². The fraction of sp³-hybridized carbons (Fsp3) is 0.167. The van der Waals surface area contributed by atoms with Crippen LogP contribution < -0.4 is 15.4 Å². The average Bonchev–Trinajstić information content (AvgIpc) is 3.10. The molecule has 2 N–H and O–H groups in total. The summed E-state index contributed by atoms with van der Waals surface area (Å²) in [5.74, 6) is 0.0966. The molecule has 0 radical (unpaired) electrons. The Morgan fingerprint density at radius 3 is 2.89 bits per heavy atom. The van der Waals surface area contributed by atoms with Crippen LogP contribution in [0.4, 0.5) is 20.9 Å². The van der Waals surface area contributed by atoms with Crippen molar-refractivity contribution >= 4 is 57.1 Å². The van der Waals surface area contributed by atoms with Crippen molar-refractivity contribution in [3.05, 3.63) is 52.8 Å². The lowest BCUT2D eigenvalue weighted by molar-refractivity contribution is -0.113. The number of nitrogens with one attached hydrogen (secondary N) is 2. The monoisotopic (exact) mass is 438 g/mol. The molecule has 0 aliphatic rings. The second-order valence-electron chi connectivity index (χ2n) is 5.65. The first-order chi connectivity index (χ1) is 13.4. The van der Waals surface area contributed by atoms with E-state index in [9.17, 15) is 9.18 Å². The zero-order valence-corrected chi connectivity index (χ0v) is 17.3. The SMILES string of the molecule is COc1cc(Cl)c(C)cc1NC(=O)CSc1nnc(Nc2cccc(F)c2)s1. The highest BCUT2D eigenvalue weighted by atomic mass is 35.5. The van der Waals surface area contributed by atoms with Gasteiger partial charge in [0, 0.05) is 16.8 Å². The lowest BCUT2D eigenvalue weighted by atomic mass is 10.2. The smallest absolute Gasteiger partial charge is 0.234 e. The maximum Gasteiger partial charge on any atom is 0.234 e. The molecule has 6 nitrogen and oxygen atoms in total. The van der Waals surface area contributed by atoms with Gasteiger partial charge in [-0.25, -0.2) is 4.39 Å². The normalized spacial score (nSPS) is 10.6. The van der Waals surface area contributed by atoms with Crippen molar-refractivity contribution in [2.24, 2.45) is 0 Å². The van der Waals surface area contributed by atoms with Crippen LogP contribution in [-0.2, 0) is 4.79 Å². The summed E-state index contributed by atoms with van der Waals surface area (Å²) in [5, 5.41) is 14.9. The first-order valence-corrected chi connectivity index (χ1v) is 10.3. The zero-order valence-electron chi connectivity index (χ0n) is 15.0. The number of hydrogen-bond acceptors (Lipinski definition) is 7. The fourth-order valence-corrected chi connectivity index (χ4v) is 3.98. The third-order valence-corrected chi connectivity index (χ3v) is 5.94. The molecule has 10 heteroatoms. The molecule has 0 spiro atoms. The van der Waals surface area contributed by atoms with Crippen LogP contribution in [0.1, 0.15) is 5.56 Å². The average molecular weight is 439 g/mol. The third-order valence-electron chi connectivity index (χ3n) is 3.56. The highest BCUT2D eigenvalue weighted by Crippen LogP contribution is 2.32. The first-order valence-electron chi connectivity index (χ1n) is 8.07. The Kier molecular flexibility index (Phi) is 6.71. The predicted molar refractivity (Wildman–Crippen MR) is 112 cm³/mol. The topological polar surface area (TPSA) is 76.1 Å². The van der Waals surface area contributed by atoms with E-state index in [0.29, 0.717) is 31.6 Å². The van der Waals surface area contributed by atoms with E-state index in [0.717, 1.165) is 5.56 Å². The van der Waals surface area contributed by atoms with Crippen molar-refractivity contribution in [1.82, 2.24) is 10.2 Å². The Balaban J connectivity index is 1.57. The van der Waals surface area contributed by atoms with Crippen LogP contribution in [0.2, 0.25) is 5.02 Å².